The molecule has 4 heteroatoms. The first-order chi connectivity index (χ1) is 8.54. The molecule has 2 nitrogen and oxygen atoms in total. The number of nitrogens with zero attached hydrogens (tertiary/aromatic N) is 1. The van der Waals surface area contributed by atoms with Crippen LogP contribution in [0, 0.1) is 11.7 Å². The number of ketones is 1. The highest BCUT2D eigenvalue weighted by Crippen LogP contribution is 2.21. The summed E-state index contributed by atoms with van der Waals surface area (Å²) in [5.74, 6) is 0.307. The molecule has 0 N–H and O–H groups in total. The lowest BCUT2D eigenvalue weighted by Crippen LogP contribution is -2.35. The molecule has 0 aliphatic carbocycles. The number of likely N-dealkylation sites (tertiary alicyclic amines) is 1. The Morgan fingerprint density at radius 2 is 2.06 bits per heavy atom. The summed E-state index contributed by atoms with van der Waals surface area (Å²) in [6.45, 7) is 4.25. The van der Waals surface area contributed by atoms with Gasteiger partial charge in [-0.3, -0.25) is 9.69 Å². The van der Waals surface area contributed by atoms with E-state index in [0.29, 0.717) is 5.78 Å². The number of rotatable bonds is 3. The van der Waals surface area contributed by atoms with E-state index in [1.165, 1.54) is 6.07 Å². The Balaban J connectivity index is 1.93. The molecule has 1 saturated heterocycles. The fourth-order valence-corrected chi connectivity index (χ4v) is 2.97. The number of piperidine rings is 1. The van der Waals surface area contributed by atoms with Gasteiger partial charge < -0.3 is 0 Å². The van der Waals surface area contributed by atoms with E-state index < -0.39 is 0 Å². The summed E-state index contributed by atoms with van der Waals surface area (Å²) in [4.78, 5) is 13.6. The molecule has 0 saturated carbocycles. The fourth-order valence-electron chi connectivity index (χ4n) is 2.46. The van der Waals surface area contributed by atoms with Crippen molar-refractivity contribution in [3.63, 3.8) is 0 Å². The Hall–Kier alpha value is -0.740. The van der Waals surface area contributed by atoms with E-state index in [4.69, 9.17) is 0 Å². The third kappa shape index (κ3) is 3.62. The van der Waals surface area contributed by atoms with Gasteiger partial charge in [-0.1, -0.05) is 15.9 Å². The van der Waals surface area contributed by atoms with Crippen molar-refractivity contribution in [2.75, 3.05) is 13.1 Å². The van der Waals surface area contributed by atoms with Crippen LogP contribution in [0.1, 0.15) is 25.3 Å². The molecule has 0 amide bonds. The maximum atomic E-state index is 13.3. The van der Waals surface area contributed by atoms with Crippen LogP contribution in [0.5, 0.6) is 0 Å². The molecule has 0 atom stereocenters. The zero-order valence-corrected chi connectivity index (χ0v) is 12.0. The molecule has 18 heavy (non-hydrogen) atoms. The number of halogens is 2. The molecule has 1 fully saturated rings. The summed E-state index contributed by atoms with van der Waals surface area (Å²) in [5, 5.41) is 0. The SMILES string of the molecule is CC(=O)C1CCN(Cc2cc(F)cc(Br)c2)CC1. The summed E-state index contributed by atoms with van der Waals surface area (Å²) < 4.78 is 14.0. The first-order valence-electron chi connectivity index (χ1n) is 6.22. The molecule has 2 rings (SSSR count). The van der Waals surface area contributed by atoms with Crippen LogP contribution >= 0.6 is 15.9 Å². The van der Waals surface area contributed by atoms with Crippen LogP contribution in [-0.2, 0) is 11.3 Å². The molecule has 0 aromatic heterocycles. The van der Waals surface area contributed by atoms with Crippen LogP contribution in [0.4, 0.5) is 4.39 Å². The second kappa shape index (κ2) is 5.93. The molecule has 1 aliphatic heterocycles. The van der Waals surface area contributed by atoms with Gasteiger partial charge in [-0.05, 0) is 56.6 Å². The number of carbonyl (C=O) groups is 1. The Morgan fingerprint density at radius 1 is 1.39 bits per heavy atom. The first-order valence-corrected chi connectivity index (χ1v) is 7.01. The lowest BCUT2D eigenvalue weighted by Gasteiger charge is -2.30. The monoisotopic (exact) mass is 313 g/mol. The van der Waals surface area contributed by atoms with Crippen molar-refractivity contribution in [1.29, 1.82) is 0 Å². The van der Waals surface area contributed by atoms with Crippen LogP contribution in [0.2, 0.25) is 0 Å². The number of hydrogen-bond donors (Lipinski definition) is 0. The predicted octanol–water partition coefficient (Wildman–Crippen LogP) is 3.39. The molecule has 0 spiro atoms. The van der Waals surface area contributed by atoms with E-state index in [-0.39, 0.29) is 11.7 Å². The maximum Gasteiger partial charge on any atom is 0.133 e. The number of hydrogen-bond acceptors (Lipinski definition) is 2. The molecule has 0 bridgehead atoms. The Morgan fingerprint density at radius 3 is 2.61 bits per heavy atom. The molecule has 0 radical (unpaired) electrons. The molecular weight excluding hydrogens is 297 g/mol. The summed E-state index contributed by atoms with van der Waals surface area (Å²) in [5.41, 5.74) is 0.975. The lowest BCUT2D eigenvalue weighted by atomic mass is 9.93. The zero-order valence-electron chi connectivity index (χ0n) is 10.5. The second-order valence-electron chi connectivity index (χ2n) is 4.94. The van der Waals surface area contributed by atoms with E-state index in [2.05, 4.69) is 20.8 Å². The standard InChI is InChI=1S/C14H17BrFNO/c1-10(18)12-2-4-17(5-3-12)9-11-6-13(15)8-14(16)7-11/h6-8,12H,2-5,9H2,1H3. The topological polar surface area (TPSA) is 20.3 Å². The van der Waals surface area contributed by atoms with Crippen molar-refractivity contribution >= 4 is 21.7 Å². The van der Waals surface area contributed by atoms with Crippen molar-refractivity contribution in [3.8, 4) is 0 Å². The minimum atomic E-state index is -0.210. The summed E-state index contributed by atoms with van der Waals surface area (Å²) >= 11 is 3.30. The van der Waals surface area contributed by atoms with Gasteiger partial charge >= 0.3 is 0 Å². The van der Waals surface area contributed by atoms with Crippen molar-refractivity contribution < 1.29 is 9.18 Å². The largest absolute Gasteiger partial charge is 0.300 e. The second-order valence-corrected chi connectivity index (χ2v) is 5.85. The molecule has 1 aromatic carbocycles. The van der Waals surface area contributed by atoms with E-state index in [1.807, 2.05) is 6.07 Å². The fraction of sp³-hybridized carbons (Fsp3) is 0.500. The normalized spacial score (nSPS) is 17.9. The third-order valence-electron chi connectivity index (χ3n) is 3.49. The van der Waals surface area contributed by atoms with Gasteiger partial charge in [0.2, 0.25) is 0 Å². The molecular formula is C14H17BrFNO. The predicted molar refractivity (Wildman–Crippen MR) is 72.8 cm³/mol. The number of benzene rings is 1. The van der Waals surface area contributed by atoms with Crippen LogP contribution in [-0.4, -0.2) is 23.8 Å². The van der Waals surface area contributed by atoms with Gasteiger partial charge in [0.15, 0.2) is 0 Å². The molecule has 1 aromatic rings. The molecule has 1 aliphatic rings. The van der Waals surface area contributed by atoms with Crippen LogP contribution in [0.25, 0.3) is 0 Å². The van der Waals surface area contributed by atoms with Crippen LogP contribution in [0.15, 0.2) is 22.7 Å². The van der Waals surface area contributed by atoms with E-state index in [9.17, 15) is 9.18 Å². The van der Waals surface area contributed by atoms with Gasteiger partial charge in [0.25, 0.3) is 0 Å². The highest BCUT2D eigenvalue weighted by atomic mass is 79.9. The molecule has 98 valence electrons. The van der Waals surface area contributed by atoms with Crippen molar-refractivity contribution in [2.45, 2.75) is 26.3 Å². The zero-order chi connectivity index (χ0) is 13.1. The van der Waals surface area contributed by atoms with Crippen LogP contribution < -0.4 is 0 Å². The van der Waals surface area contributed by atoms with E-state index in [1.54, 1.807) is 13.0 Å². The summed E-state index contributed by atoms with van der Waals surface area (Å²) in [6, 6.07) is 4.98. The minimum absolute atomic E-state index is 0.210. The van der Waals surface area contributed by atoms with Gasteiger partial charge in [0.1, 0.15) is 11.6 Å². The Bertz CT molecular complexity index is 421. The first kappa shape index (κ1) is 13.7. The molecule has 1 heterocycles. The summed E-state index contributed by atoms with van der Waals surface area (Å²) in [7, 11) is 0. The summed E-state index contributed by atoms with van der Waals surface area (Å²) in [6.07, 6.45) is 1.84. The average Bonchev–Trinajstić information content (AvgIpc) is 2.28. The average molecular weight is 314 g/mol. The smallest absolute Gasteiger partial charge is 0.133 e. The quantitative estimate of drug-likeness (QED) is 0.852. The van der Waals surface area contributed by atoms with Gasteiger partial charge in [-0.2, -0.15) is 0 Å². The maximum absolute atomic E-state index is 13.3. The van der Waals surface area contributed by atoms with E-state index >= 15 is 0 Å². The Kier molecular flexibility index (Phi) is 4.51. The number of Topliss-reactive ketones (excluding diaryl/α,β-unsaturated/α-hetero) is 1. The van der Waals surface area contributed by atoms with Crippen molar-refractivity contribution in [1.82, 2.24) is 4.90 Å². The Labute approximate surface area is 115 Å². The lowest BCUT2D eigenvalue weighted by molar-refractivity contribution is -0.122. The van der Waals surface area contributed by atoms with Gasteiger partial charge in [0.05, 0.1) is 0 Å². The third-order valence-corrected chi connectivity index (χ3v) is 3.95. The van der Waals surface area contributed by atoms with Crippen molar-refractivity contribution in [3.05, 3.63) is 34.1 Å². The molecule has 0 unspecified atom stereocenters. The van der Waals surface area contributed by atoms with Gasteiger partial charge in [-0.15, -0.1) is 0 Å². The number of carbonyl (C=O) groups excluding carboxylic acids is 1. The highest BCUT2D eigenvalue weighted by Gasteiger charge is 2.22. The minimum Gasteiger partial charge on any atom is -0.300 e. The van der Waals surface area contributed by atoms with Gasteiger partial charge in [-0.25, -0.2) is 4.39 Å². The highest BCUT2D eigenvalue weighted by molar-refractivity contribution is 9.10. The van der Waals surface area contributed by atoms with E-state index in [0.717, 1.165) is 42.5 Å². The van der Waals surface area contributed by atoms with Crippen molar-refractivity contribution in [2.24, 2.45) is 5.92 Å². The van der Waals surface area contributed by atoms with Crippen LogP contribution in [0.3, 0.4) is 0 Å². The van der Waals surface area contributed by atoms with Gasteiger partial charge in [0, 0.05) is 16.9 Å².